The van der Waals surface area contributed by atoms with Crippen LogP contribution >= 0.6 is 0 Å². The highest BCUT2D eigenvalue weighted by Crippen LogP contribution is 2.43. The molecular formula is C36H36N4. The maximum absolute atomic E-state index is 6.42. The first-order chi connectivity index (χ1) is 19.5. The Labute approximate surface area is 238 Å². The van der Waals surface area contributed by atoms with Crippen LogP contribution in [0.4, 0.5) is 11.5 Å². The average Bonchev–Trinajstić information content (AvgIpc) is 2.99. The van der Waals surface area contributed by atoms with Gasteiger partial charge in [0.05, 0.1) is 17.7 Å². The van der Waals surface area contributed by atoms with Crippen molar-refractivity contribution in [2.45, 2.75) is 25.3 Å². The fourth-order valence-corrected chi connectivity index (χ4v) is 4.63. The van der Waals surface area contributed by atoms with Gasteiger partial charge in [-0.1, -0.05) is 110 Å². The Balaban J connectivity index is 0.000000312. The molecule has 4 nitrogen and oxygen atoms in total. The zero-order valence-corrected chi connectivity index (χ0v) is 22.9. The largest absolute Gasteiger partial charge is 0.398 e. The molecule has 0 saturated heterocycles. The van der Waals surface area contributed by atoms with Gasteiger partial charge >= 0.3 is 0 Å². The van der Waals surface area contributed by atoms with Crippen LogP contribution in [0.2, 0.25) is 0 Å². The first-order valence-electron chi connectivity index (χ1n) is 13.4. The molecule has 0 amide bonds. The lowest BCUT2D eigenvalue weighted by Crippen LogP contribution is -2.23. The topological polar surface area (TPSA) is 63.8 Å². The highest BCUT2D eigenvalue weighted by molar-refractivity contribution is 5.72. The van der Waals surface area contributed by atoms with Gasteiger partial charge in [0.15, 0.2) is 0 Å². The highest BCUT2D eigenvalue weighted by atomic mass is 15.0. The molecule has 0 aliphatic rings. The number of aromatic nitrogens is 2. The molecule has 200 valence electrons. The molecule has 0 bridgehead atoms. The molecule has 0 fully saturated rings. The van der Waals surface area contributed by atoms with E-state index in [9.17, 15) is 0 Å². The van der Waals surface area contributed by atoms with Crippen molar-refractivity contribution in [1.82, 2.24) is 9.97 Å². The molecule has 0 aliphatic carbocycles. The molecule has 4 heteroatoms. The van der Waals surface area contributed by atoms with Gasteiger partial charge in [0.2, 0.25) is 0 Å². The van der Waals surface area contributed by atoms with Crippen LogP contribution in [-0.4, -0.2) is 9.97 Å². The predicted molar refractivity (Wildman–Crippen MR) is 169 cm³/mol. The lowest BCUT2D eigenvalue weighted by atomic mass is 9.81. The third-order valence-electron chi connectivity index (χ3n) is 6.51. The Morgan fingerprint density at radius 3 is 1.93 bits per heavy atom. The Morgan fingerprint density at radius 2 is 1.32 bits per heavy atom. The van der Waals surface area contributed by atoms with E-state index in [1.165, 1.54) is 11.1 Å². The van der Waals surface area contributed by atoms with E-state index < -0.39 is 0 Å². The standard InChI is InChI=1S/C26H24N4.C10H12/c1-19(20-11-3-2-4-12-20)25(23-15-7-9-17-28-23)26(21-13-5-6-14-22(21)27)30-24-16-8-10-18-29-24;1-9(2)8-10-6-4-3-5-7-10/h2-18,25-26H,1,27H2,(H,29,30);3-7H,1,8H2,2H3. The quantitative estimate of drug-likeness (QED) is 0.150. The van der Waals surface area contributed by atoms with Crippen molar-refractivity contribution in [1.29, 1.82) is 0 Å². The number of para-hydroxylation sites is 1. The minimum absolute atomic E-state index is 0.152. The summed E-state index contributed by atoms with van der Waals surface area (Å²) in [4.78, 5) is 9.16. The summed E-state index contributed by atoms with van der Waals surface area (Å²) < 4.78 is 0. The van der Waals surface area contributed by atoms with Crippen molar-refractivity contribution >= 4 is 17.1 Å². The van der Waals surface area contributed by atoms with Crippen LogP contribution in [0.5, 0.6) is 0 Å². The zero-order valence-electron chi connectivity index (χ0n) is 22.9. The summed E-state index contributed by atoms with van der Waals surface area (Å²) in [6.07, 6.45) is 4.59. The zero-order chi connectivity index (χ0) is 28.2. The van der Waals surface area contributed by atoms with Crippen LogP contribution in [0.25, 0.3) is 5.57 Å². The van der Waals surface area contributed by atoms with Crippen LogP contribution in [0.1, 0.15) is 41.3 Å². The Bertz CT molecular complexity index is 1480. The van der Waals surface area contributed by atoms with Crippen LogP contribution in [0, 0.1) is 0 Å². The number of hydrogen-bond donors (Lipinski definition) is 2. The molecule has 5 rings (SSSR count). The Hall–Kier alpha value is -4.96. The van der Waals surface area contributed by atoms with Gasteiger partial charge in [0.25, 0.3) is 0 Å². The van der Waals surface area contributed by atoms with Gasteiger partial charge in [0.1, 0.15) is 5.82 Å². The van der Waals surface area contributed by atoms with Gasteiger partial charge in [-0.15, -0.1) is 0 Å². The number of anilines is 2. The van der Waals surface area contributed by atoms with Crippen LogP contribution in [0.15, 0.2) is 152 Å². The molecule has 2 atom stereocenters. The Kier molecular flexibility index (Phi) is 10.0. The first kappa shape index (κ1) is 28.1. The molecule has 0 spiro atoms. The number of nitrogens with one attached hydrogen (secondary N) is 1. The number of pyridine rings is 2. The number of hydrogen-bond acceptors (Lipinski definition) is 4. The van der Waals surface area contributed by atoms with Crippen molar-refractivity contribution in [2.24, 2.45) is 0 Å². The Morgan fingerprint density at radius 1 is 0.725 bits per heavy atom. The third-order valence-corrected chi connectivity index (χ3v) is 6.51. The molecule has 2 heterocycles. The molecule has 3 aromatic carbocycles. The average molecular weight is 525 g/mol. The van der Waals surface area contributed by atoms with Crippen LogP contribution in [0.3, 0.4) is 0 Å². The van der Waals surface area contributed by atoms with Crippen molar-refractivity contribution in [3.05, 3.63) is 175 Å². The second-order valence-electron chi connectivity index (χ2n) is 9.71. The third kappa shape index (κ3) is 7.78. The molecule has 3 N–H and O–H groups in total. The van der Waals surface area contributed by atoms with Crippen molar-refractivity contribution in [2.75, 3.05) is 11.1 Å². The minimum atomic E-state index is -0.205. The summed E-state index contributed by atoms with van der Waals surface area (Å²) >= 11 is 0. The predicted octanol–water partition coefficient (Wildman–Crippen LogP) is 8.51. The molecule has 2 aromatic heterocycles. The first-order valence-corrected chi connectivity index (χ1v) is 13.4. The summed E-state index contributed by atoms with van der Waals surface area (Å²) in [6.45, 7) is 10.4. The summed E-state index contributed by atoms with van der Waals surface area (Å²) in [6, 6.07) is 40.0. The summed E-state index contributed by atoms with van der Waals surface area (Å²) in [7, 11) is 0. The molecule has 0 saturated carbocycles. The number of nitrogens with two attached hydrogens (primary N) is 1. The van der Waals surface area contributed by atoms with Crippen LogP contribution < -0.4 is 11.1 Å². The molecule has 40 heavy (non-hydrogen) atoms. The monoisotopic (exact) mass is 524 g/mol. The lowest BCUT2D eigenvalue weighted by Gasteiger charge is -2.31. The van der Waals surface area contributed by atoms with E-state index in [0.29, 0.717) is 5.69 Å². The maximum Gasteiger partial charge on any atom is 0.126 e. The van der Waals surface area contributed by atoms with E-state index in [1.807, 2.05) is 98.0 Å². The van der Waals surface area contributed by atoms with Gasteiger partial charge in [-0.05, 0) is 65.9 Å². The molecule has 2 unspecified atom stereocenters. The van der Waals surface area contributed by atoms with Gasteiger partial charge < -0.3 is 11.1 Å². The SMILES string of the molecule is C=C(C)Cc1ccccc1.C=C(c1ccccc1)C(c1ccccn1)C(Nc1ccccn1)c1ccccc1N. The van der Waals surface area contributed by atoms with E-state index in [4.69, 9.17) is 5.73 Å². The van der Waals surface area contributed by atoms with Crippen LogP contribution in [-0.2, 0) is 6.42 Å². The number of allylic oxidation sites excluding steroid dienone is 1. The number of rotatable bonds is 9. The lowest BCUT2D eigenvalue weighted by molar-refractivity contribution is 0.686. The molecular weight excluding hydrogens is 488 g/mol. The van der Waals surface area contributed by atoms with Gasteiger partial charge in [0, 0.05) is 18.1 Å². The van der Waals surface area contributed by atoms with Gasteiger partial charge in [-0.25, -0.2) is 4.98 Å². The summed E-state index contributed by atoms with van der Waals surface area (Å²) in [5, 5.41) is 3.59. The number of nitrogen functional groups attached to an aromatic ring is 1. The van der Waals surface area contributed by atoms with E-state index >= 15 is 0 Å². The van der Waals surface area contributed by atoms with E-state index in [0.717, 1.165) is 34.6 Å². The number of benzene rings is 3. The maximum atomic E-state index is 6.42. The molecule has 5 aromatic rings. The second kappa shape index (κ2) is 14.3. The second-order valence-corrected chi connectivity index (χ2v) is 9.71. The van der Waals surface area contributed by atoms with E-state index in [1.54, 1.807) is 6.20 Å². The normalized spacial score (nSPS) is 11.8. The minimum Gasteiger partial charge on any atom is -0.398 e. The van der Waals surface area contributed by atoms with E-state index in [2.05, 4.69) is 64.8 Å². The highest BCUT2D eigenvalue weighted by Gasteiger charge is 2.30. The van der Waals surface area contributed by atoms with Crippen molar-refractivity contribution in [3.63, 3.8) is 0 Å². The summed E-state index contributed by atoms with van der Waals surface area (Å²) in [5.41, 5.74) is 13.6. The van der Waals surface area contributed by atoms with Gasteiger partial charge in [-0.2, -0.15) is 0 Å². The summed E-state index contributed by atoms with van der Waals surface area (Å²) in [5.74, 6) is 0.618. The molecule has 0 aliphatic heterocycles. The fourth-order valence-electron chi connectivity index (χ4n) is 4.63. The fraction of sp³-hybridized carbons (Fsp3) is 0.111. The van der Waals surface area contributed by atoms with Crippen molar-refractivity contribution < 1.29 is 0 Å². The van der Waals surface area contributed by atoms with Crippen molar-refractivity contribution in [3.8, 4) is 0 Å². The van der Waals surface area contributed by atoms with Gasteiger partial charge in [-0.3, -0.25) is 4.98 Å². The number of nitrogens with zero attached hydrogens (tertiary/aromatic N) is 2. The smallest absolute Gasteiger partial charge is 0.126 e. The molecule has 0 radical (unpaired) electrons. The van der Waals surface area contributed by atoms with E-state index in [-0.39, 0.29) is 12.0 Å².